The highest BCUT2D eigenvalue weighted by Crippen LogP contribution is 2.51. The third-order valence-electron chi connectivity index (χ3n) is 8.15. The van der Waals surface area contributed by atoms with E-state index in [-0.39, 0.29) is 46.5 Å². The van der Waals surface area contributed by atoms with E-state index in [1.165, 1.54) is 31.3 Å². The minimum absolute atomic E-state index is 0.00780. The largest absolute Gasteiger partial charge is 0.488 e. The molecule has 45 heavy (non-hydrogen) atoms. The molecule has 0 spiro atoms. The number of aldehydes is 1. The summed E-state index contributed by atoms with van der Waals surface area (Å²) in [5.74, 6) is -2.28. The van der Waals surface area contributed by atoms with Crippen molar-refractivity contribution >= 4 is 65.2 Å². The summed E-state index contributed by atoms with van der Waals surface area (Å²) in [5, 5.41) is -5.08. The third-order valence-corrected chi connectivity index (χ3v) is 8.15. The Morgan fingerprint density at radius 2 is 1.73 bits per heavy atom. The lowest BCUT2D eigenvalue weighted by atomic mass is 9.27. The number of nitrogens with zero attached hydrogens (tertiary/aromatic N) is 2. The van der Waals surface area contributed by atoms with Gasteiger partial charge in [-0.1, -0.05) is 17.3 Å². The fourth-order valence-electron chi connectivity index (χ4n) is 6.36. The van der Waals surface area contributed by atoms with Crippen molar-refractivity contribution in [2.45, 2.75) is 73.9 Å². The highest BCUT2D eigenvalue weighted by molar-refractivity contribution is 6.62. The number of halogens is 1. The van der Waals surface area contributed by atoms with Gasteiger partial charge in [-0.15, -0.1) is 0 Å². The molecular weight excluding hydrogens is 566 g/mol. The zero-order valence-corrected chi connectivity index (χ0v) is 26.2. The van der Waals surface area contributed by atoms with Crippen LogP contribution < -0.4 is 10.1 Å². The molecule has 1 fully saturated rings. The van der Waals surface area contributed by atoms with E-state index in [2.05, 4.69) is 10.2 Å². The minimum Gasteiger partial charge on any atom is -0.488 e. The smallest absolute Gasteiger partial charge is 0.254 e. The van der Waals surface area contributed by atoms with Gasteiger partial charge in [0, 0.05) is 43.4 Å². The van der Waals surface area contributed by atoms with Gasteiger partial charge in [0.25, 0.3) is 5.91 Å². The average molecular weight is 598 g/mol. The number of carbonyl (C=O) groups excluding carboxylic acids is 3. The van der Waals surface area contributed by atoms with Gasteiger partial charge < -0.3 is 24.5 Å². The zero-order valence-electron chi connectivity index (χ0n) is 26.2. The zero-order chi connectivity index (χ0) is 33.8. The standard InChI is InChI=1S/C30H32B6FN3O5/c1-26(2)15-39(16-27(3,4)45-26)12-17-9-10-20(37)18(11-17)14-44-21-8-6-7-19-23(21)30(35,36)40(24(19)42)22(13-41)28(31,32)29(33,34)25(43)38-5/h6-11,13,22H,12,14-16H2,1-5H3,(H,38,43). The number of rotatable bonds is 10. The second-order valence-corrected chi connectivity index (χ2v) is 13.1. The van der Waals surface area contributed by atoms with E-state index < -0.39 is 39.4 Å². The Bertz CT molecular complexity index is 1490. The van der Waals surface area contributed by atoms with Gasteiger partial charge >= 0.3 is 0 Å². The number of hydrogen-bond donors (Lipinski definition) is 1. The summed E-state index contributed by atoms with van der Waals surface area (Å²) < 4.78 is 27.2. The number of benzene rings is 2. The monoisotopic (exact) mass is 599 g/mol. The Balaban J connectivity index is 1.61. The number of hydrogen-bond acceptors (Lipinski definition) is 6. The van der Waals surface area contributed by atoms with Gasteiger partial charge in [-0.2, -0.15) is 0 Å². The van der Waals surface area contributed by atoms with E-state index >= 15 is 0 Å². The average Bonchev–Trinajstić information content (AvgIpc) is 3.12. The third kappa shape index (κ3) is 6.53. The van der Waals surface area contributed by atoms with Crippen LogP contribution in [0.4, 0.5) is 4.39 Å². The van der Waals surface area contributed by atoms with Crippen molar-refractivity contribution in [2.24, 2.45) is 0 Å². The van der Waals surface area contributed by atoms with Crippen LogP contribution in [0.15, 0.2) is 36.4 Å². The second kappa shape index (κ2) is 12.0. The molecule has 4 rings (SSSR count). The van der Waals surface area contributed by atoms with Crippen molar-refractivity contribution in [2.75, 3.05) is 20.1 Å². The number of ether oxygens (including phenoxy) is 2. The molecule has 1 atom stereocenters. The molecule has 12 radical (unpaired) electrons. The molecule has 222 valence electrons. The van der Waals surface area contributed by atoms with E-state index in [9.17, 15) is 18.8 Å². The van der Waals surface area contributed by atoms with E-state index in [4.69, 9.17) is 56.6 Å². The lowest BCUT2D eigenvalue weighted by Gasteiger charge is -2.52. The van der Waals surface area contributed by atoms with Crippen LogP contribution in [0.3, 0.4) is 0 Å². The fourth-order valence-corrected chi connectivity index (χ4v) is 6.36. The topological polar surface area (TPSA) is 88.2 Å². The molecule has 0 aromatic heterocycles. The SMILES string of the molecule is [B]C1([B])c2c(OCc3cc(CN4CC(C)(C)OC(C)(C)C4)ccc3F)cccc2C(=O)N1C(C=O)C([B])([B])C([B])([B])C(=O)NC. The number of amides is 2. The molecular formula is C30H32B6FN3O5. The lowest BCUT2D eigenvalue weighted by molar-refractivity contribution is -0.182. The molecule has 2 aromatic rings. The Kier molecular flexibility index (Phi) is 9.34. The van der Waals surface area contributed by atoms with Gasteiger partial charge in [-0.25, -0.2) is 4.39 Å². The normalized spacial score (nSPS) is 19.9. The van der Waals surface area contributed by atoms with Gasteiger partial charge in [0.2, 0.25) is 5.91 Å². The number of carbonyl (C=O) groups is 3. The van der Waals surface area contributed by atoms with Crippen LogP contribution in [-0.2, 0) is 32.8 Å². The first-order valence-corrected chi connectivity index (χ1v) is 14.4. The molecule has 1 saturated heterocycles. The van der Waals surface area contributed by atoms with Crippen LogP contribution >= 0.6 is 0 Å². The van der Waals surface area contributed by atoms with Crippen LogP contribution in [0.5, 0.6) is 5.75 Å². The van der Waals surface area contributed by atoms with Crippen molar-refractivity contribution < 1.29 is 28.2 Å². The molecule has 2 heterocycles. The molecule has 8 nitrogen and oxygen atoms in total. The second-order valence-electron chi connectivity index (χ2n) is 13.1. The van der Waals surface area contributed by atoms with Crippen LogP contribution in [0, 0.1) is 5.82 Å². The predicted molar refractivity (Wildman–Crippen MR) is 173 cm³/mol. The van der Waals surface area contributed by atoms with Crippen LogP contribution in [-0.4, -0.2) is 112 Å². The molecule has 1 N–H and O–H groups in total. The van der Waals surface area contributed by atoms with Gasteiger partial charge in [-0.05, 0) is 68.1 Å². The van der Waals surface area contributed by atoms with Gasteiger partial charge in [0.05, 0.1) is 64.3 Å². The van der Waals surface area contributed by atoms with Crippen molar-refractivity contribution in [3.05, 3.63) is 64.5 Å². The van der Waals surface area contributed by atoms with Crippen molar-refractivity contribution in [3.8, 4) is 5.75 Å². The Hall–Kier alpha value is -2.91. The Labute approximate surface area is 272 Å². The maximum Gasteiger partial charge on any atom is 0.254 e. The molecule has 2 aliphatic heterocycles. The first-order chi connectivity index (χ1) is 20.7. The molecule has 1 unspecified atom stereocenters. The summed E-state index contributed by atoms with van der Waals surface area (Å²) in [4.78, 5) is 41.4. The summed E-state index contributed by atoms with van der Waals surface area (Å²) in [5.41, 5.74) is 0.400. The summed E-state index contributed by atoms with van der Waals surface area (Å²) in [6.07, 6.45) is 0.188. The number of morpholine rings is 1. The molecule has 15 heteroatoms. The quantitative estimate of drug-likeness (QED) is 0.324. The Morgan fingerprint density at radius 1 is 1.11 bits per heavy atom. The molecule has 2 amide bonds. The molecule has 2 aromatic carbocycles. The Morgan fingerprint density at radius 3 is 2.31 bits per heavy atom. The fraction of sp³-hybridized carbons (Fsp3) is 0.500. The molecule has 2 aliphatic rings. The molecule has 0 bridgehead atoms. The van der Waals surface area contributed by atoms with E-state index in [0.29, 0.717) is 24.5 Å². The maximum atomic E-state index is 15.0. The van der Waals surface area contributed by atoms with Gasteiger partial charge in [-0.3, -0.25) is 14.5 Å². The lowest BCUT2D eigenvalue weighted by Crippen LogP contribution is -2.61. The summed E-state index contributed by atoms with van der Waals surface area (Å²) >= 11 is 0. The number of nitrogens with one attached hydrogen (secondary N) is 1. The molecule has 0 aliphatic carbocycles. The van der Waals surface area contributed by atoms with Crippen LogP contribution in [0.2, 0.25) is 10.4 Å². The van der Waals surface area contributed by atoms with E-state index in [0.717, 1.165) is 5.56 Å². The summed E-state index contributed by atoms with van der Waals surface area (Å²) in [6, 6.07) is 7.36. The van der Waals surface area contributed by atoms with Crippen LogP contribution in [0.25, 0.3) is 0 Å². The maximum absolute atomic E-state index is 15.0. The highest BCUT2D eigenvalue weighted by Gasteiger charge is 2.54. The van der Waals surface area contributed by atoms with Crippen molar-refractivity contribution in [1.29, 1.82) is 0 Å². The van der Waals surface area contributed by atoms with Gasteiger partial charge in [0.1, 0.15) is 24.5 Å². The number of fused-ring (bicyclic) bond motifs is 1. The van der Waals surface area contributed by atoms with Crippen molar-refractivity contribution in [1.82, 2.24) is 15.1 Å². The van der Waals surface area contributed by atoms with E-state index in [1.807, 2.05) is 27.7 Å². The van der Waals surface area contributed by atoms with E-state index in [1.54, 1.807) is 12.1 Å². The summed E-state index contributed by atoms with van der Waals surface area (Å²) in [6.45, 7) is 9.86. The van der Waals surface area contributed by atoms with Crippen LogP contribution in [0.1, 0.15) is 54.7 Å². The summed E-state index contributed by atoms with van der Waals surface area (Å²) in [7, 11) is 38.5. The minimum atomic E-state index is -2.54. The first-order valence-electron chi connectivity index (χ1n) is 14.4. The highest BCUT2D eigenvalue weighted by atomic mass is 19.1. The first kappa shape index (κ1) is 35.0. The molecule has 0 saturated carbocycles. The van der Waals surface area contributed by atoms with Crippen molar-refractivity contribution in [3.63, 3.8) is 0 Å². The predicted octanol–water partition coefficient (Wildman–Crippen LogP) is 0.917. The van der Waals surface area contributed by atoms with Gasteiger partial charge in [0.15, 0.2) is 0 Å².